The van der Waals surface area contributed by atoms with Crippen LogP contribution in [-0.2, 0) is 16.1 Å². The van der Waals surface area contributed by atoms with Crippen molar-refractivity contribution in [3.8, 4) is 5.75 Å². The third-order valence-electron chi connectivity index (χ3n) is 4.84. The summed E-state index contributed by atoms with van der Waals surface area (Å²) in [5, 5.41) is 10.8. The van der Waals surface area contributed by atoms with Crippen molar-refractivity contribution in [2.45, 2.75) is 31.9 Å². The number of piperidine rings is 1. The monoisotopic (exact) mass is 398 g/mol. The van der Waals surface area contributed by atoms with Gasteiger partial charge >= 0.3 is 0 Å². The van der Waals surface area contributed by atoms with Crippen molar-refractivity contribution in [1.29, 1.82) is 0 Å². The number of carbonyl (C=O) groups excluding carboxylic acids is 2. The quantitative estimate of drug-likeness (QED) is 0.403. The molecule has 1 aliphatic heterocycles. The molecule has 1 aliphatic rings. The Morgan fingerprint density at radius 2 is 1.86 bits per heavy atom. The molecule has 0 bridgehead atoms. The minimum Gasteiger partial charge on any atom is -0.497 e. The first-order valence-corrected chi connectivity index (χ1v) is 9.31. The van der Waals surface area contributed by atoms with Gasteiger partial charge in [-0.25, -0.2) is 0 Å². The van der Waals surface area contributed by atoms with E-state index < -0.39 is 10.8 Å². The summed E-state index contributed by atoms with van der Waals surface area (Å²) in [6.07, 6.45) is 1.65. The first kappa shape index (κ1) is 20.5. The summed E-state index contributed by atoms with van der Waals surface area (Å²) < 4.78 is 10.9. The van der Waals surface area contributed by atoms with Crippen LogP contribution in [0.25, 0.3) is 0 Å². The fourth-order valence-corrected chi connectivity index (χ4v) is 3.28. The van der Waals surface area contributed by atoms with E-state index in [9.17, 15) is 19.7 Å². The fourth-order valence-electron chi connectivity index (χ4n) is 3.28. The summed E-state index contributed by atoms with van der Waals surface area (Å²) in [4.78, 5) is 36.8. The Morgan fingerprint density at radius 3 is 2.48 bits per heavy atom. The smallest absolute Gasteiger partial charge is 0.269 e. The van der Waals surface area contributed by atoms with Crippen molar-refractivity contribution in [1.82, 2.24) is 4.90 Å². The topological polar surface area (TPSA) is 99.0 Å². The molecule has 0 saturated carbocycles. The molecular weight excluding hydrogens is 376 g/mol. The molecule has 0 aromatic heterocycles. The van der Waals surface area contributed by atoms with Gasteiger partial charge in [0.1, 0.15) is 5.75 Å². The number of hydrogen-bond donors (Lipinski definition) is 0. The fraction of sp³-hybridized carbons (Fsp3) is 0.333. The predicted octanol–water partition coefficient (Wildman–Crippen LogP) is 3.34. The van der Waals surface area contributed by atoms with E-state index in [1.807, 2.05) is 24.3 Å². The van der Waals surface area contributed by atoms with Gasteiger partial charge in [0.15, 0.2) is 0 Å². The number of hydrogen-bond acceptors (Lipinski definition) is 6. The number of nitrogens with zero attached hydrogens (tertiary/aromatic N) is 2. The molecule has 0 aliphatic carbocycles. The van der Waals surface area contributed by atoms with Crippen LogP contribution < -0.4 is 4.74 Å². The van der Waals surface area contributed by atoms with Gasteiger partial charge in [-0.15, -0.1) is 0 Å². The summed E-state index contributed by atoms with van der Waals surface area (Å²) >= 11 is 0. The molecule has 1 heterocycles. The molecule has 2 amide bonds. The first-order valence-electron chi connectivity index (χ1n) is 9.31. The highest BCUT2D eigenvalue weighted by molar-refractivity contribution is 6.05. The van der Waals surface area contributed by atoms with E-state index in [1.54, 1.807) is 7.11 Å². The molecule has 0 N–H and O–H groups in total. The van der Waals surface area contributed by atoms with Gasteiger partial charge in [-0.2, -0.15) is 0 Å². The largest absolute Gasteiger partial charge is 0.497 e. The normalized spacial score (nSPS) is 16.5. The second-order valence-electron chi connectivity index (χ2n) is 6.78. The highest BCUT2D eigenvalue weighted by Crippen LogP contribution is 2.23. The maximum Gasteiger partial charge on any atom is 0.269 e. The lowest BCUT2D eigenvalue weighted by atomic mass is 10.0. The average Bonchev–Trinajstić information content (AvgIpc) is 2.74. The number of benzene rings is 2. The maximum absolute atomic E-state index is 12.9. The maximum atomic E-state index is 12.9. The molecule has 3 rings (SSSR count). The number of rotatable bonds is 7. The molecule has 8 nitrogen and oxygen atoms in total. The molecule has 0 spiro atoms. The highest BCUT2D eigenvalue weighted by atomic mass is 16.6. The Balaban J connectivity index is 1.65. The van der Waals surface area contributed by atoms with Crippen LogP contribution in [0.2, 0.25) is 0 Å². The summed E-state index contributed by atoms with van der Waals surface area (Å²) in [6, 6.07) is 12.4. The van der Waals surface area contributed by atoms with Gasteiger partial charge in [-0.05, 0) is 42.7 Å². The van der Waals surface area contributed by atoms with Crippen LogP contribution in [0, 0.1) is 10.1 Å². The van der Waals surface area contributed by atoms with Crippen LogP contribution in [0.1, 0.15) is 35.2 Å². The van der Waals surface area contributed by atoms with Crippen LogP contribution in [-0.4, -0.2) is 41.4 Å². The number of nitro benzene ring substituents is 1. The van der Waals surface area contributed by atoms with Crippen LogP contribution in [0.3, 0.4) is 0 Å². The second-order valence-corrected chi connectivity index (χ2v) is 6.78. The van der Waals surface area contributed by atoms with Gasteiger partial charge in [0.2, 0.25) is 5.91 Å². The van der Waals surface area contributed by atoms with Gasteiger partial charge in [-0.1, -0.05) is 12.1 Å². The van der Waals surface area contributed by atoms with E-state index in [0.29, 0.717) is 25.9 Å². The Morgan fingerprint density at radius 1 is 1.17 bits per heavy atom. The zero-order chi connectivity index (χ0) is 20.8. The van der Waals surface area contributed by atoms with Crippen LogP contribution in [0.4, 0.5) is 5.69 Å². The molecule has 8 heteroatoms. The summed E-state index contributed by atoms with van der Waals surface area (Å²) in [6.45, 7) is 0.588. The molecule has 2 aromatic rings. The summed E-state index contributed by atoms with van der Waals surface area (Å²) in [5.41, 5.74) is 1.10. The van der Waals surface area contributed by atoms with E-state index >= 15 is 0 Å². The molecule has 152 valence electrons. The standard InChI is InChI=1S/C21H22N2O6/c1-28-19-11-5-15(6-12-19)13-29-14-18-3-2-4-20(24)22(18)21(25)16-7-9-17(10-8-16)23(26)27/h5-12,18H,2-4,13-14H2,1H3. The SMILES string of the molecule is COc1ccc(COCC2CCCC(=O)N2C(=O)c2ccc([N+](=O)[O-])cc2)cc1. The number of non-ortho nitro benzene ring substituents is 1. The van der Waals surface area contributed by atoms with Crippen molar-refractivity contribution >= 4 is 17.5 Å². The van der Waals surface area contributed by atoms with Crippen molar-refractivity contribution < 1.29 is 24.0 Å². The number of amides is 2. The number of imide groups is 1. The molecule has 1 unspecified atom stereocenters. The number of nitro groups is 1. The van der Waals surface area contributed by atoms with Gasteiger partial charge < -0.3 is 9.47 Å². The van der Waals surface area contributed by atoms with Crippen LogP contribution >= 0.6 is 0 Å². The number of ether oxygens (including phenoxy) is 2. The summed E-state index contributed by atoms with van der Waals surface area (Å²) in [5.74, 6) is 0.0480. The lowest BCUT2D eigenvalue weighted by Gasteiger charge is -2.33. The molecule has 1 fully saturated rings. The van der Waals surface area contributed by atoms with Crippen molar-refractivity contribution in [3.05, 3.63) is 69.8 Å². The Bertz CT molecular complexity index is 879. The number of carbonyl (C=O) groups is 2. The predicted molar refractivity (Wildman–Crippen MR) is 105 cm³/mol. The minimum atomic E-state index is -0.532. The number of methoxy groups -OCH3 is 1. The Labute approximate surface area is 168 Å². The second kappa shape index (κ2) is 9.29. The Kier molecular flexibility index (Phi) is 6.56. The van der Waals surface area contributed by atoms with E-state index in [1.165, 1.54) is 29.2 Å². The van der Waals surface area contributed by atoms with E-state index in [0.717, 1.165) is 11.3 Å². The van der Waals surface area contributed by atoms with E-state index in [-0.39, 0.29) is 29.8 Å². The van der Waals surface area contributed by atoms with Crippen molar-refractivity contribution in [2.24, 2.45) is 0 Å². The lowest BCUT2D eigenvalue weighted by molar-refractivity contribution is -0.384. The minimum absolute atomic E-state index is 0.106. The van der Waals surface area contributed by atoms with Gasteiger partial charge in [0.05, 0.1) is 31.3 Å². The molecule has 2 aromatic carbocycles. The molecule has 1 atom stereocenters. The molecular formula is C21H22N2O6. The zero-order valence-corrected chi connectivity index (χ0v) is 16.1. The van der Waals surface area contributed by atoms with Gasteiger partial charge in [-0.3, -0.25) is 24.6 Å². The third kappa shape index (κ3) is 4.97. The van der Waals surface area contributed by atoms with Crippen molar-refractivity contribution in [2.75, 3.05) is 13.7 Å². The van der Waals surface area contributed by atoms with E-state index in [2.05, 4.69) is 0 Å². The van der Waals surface area contributed by atoms with Gasteiger partial charge in [0, 0.05) is 24.1 Å². The van der Waals surface area contributed by atoms with Crippen LogP contribution in [0.15, 0.2) is 48.5 Å². The van der Waals surface area contributed by atoms with E-state index in [4.69, 9.17) is 9.47 Å². The molecule has 1 saturated heterocycles. The highest BCUT2D eigenvalue weighted by Gasteiger charge is 2.33. The van der Waals surface area contributed by atoms with Crippen molar-refractivity contribution in [3.63, 3.8) is 0 Å². The molecule has 0 radical (unpaired) electrons. The first-order chi connectivity index (χ1) is 14.0. The summed E-state index contributed by atoms with van der Waals surface area (Å²) in [7, 11) is 1.60. The van der Waals surface area contributed by atoms with Crippen LogP contribution in [0.5, 0.6) is 5.75 Å². The average molecular weight is 398 g/mol. The zero-order valence-electron chi connectivity index (χ0n) is 16.1. The Hall–Kier alpha value is -3.26. The molecule has 29 heavy (non-hydrogen) atoms. The van der Waals surface area contributed by atoms with Gasteiger partial charge in [0.25, 0.3) is 11.6 Å². The lowest BCUT2D eigenvalue weighted by Crippen LogP contribution is -2.49. The number of likely N-dealkylation sites (tertiary alicyclic amines) is 1. The third-order valence-corrected chi connectivity index (χ3v) is 4.84.